The van der Waals surface area contributed by atoms with Crippen LogP contribution in [0.4, 0.5) is 13.2 Å². The molecule has 1 aliphatic rings. The van der Waals surface area contributed by atoms with E-state index < -0.39 is 5.92 Å². The van der Waals surface area contributed by atoms with Gasteiger partial charge in [0.25, 0.3) is 0 Å². The van der Waals surface area contributed by atoms with E-state index in [0.717, 1.165) is 5.52 Å². The van der Waals surface area contributed by atoms with Crippen molar-refractivity contribution in [3.63, 3.8) is 0 Å². The summed E-state index contributed by atoms with van der Waals surface area (Å²) in [4.78, 5) is 4.08. The van der Waals surface area contributed by atoms with Gasteiger partial charge in [-0.1, -0.05) is 0 Å². The van der Waals surface area contributed by atoms with Crippen molar-refractivity contribution in [3.05, 3.63) is 28.7 Å². The first-order valence-electron chi connectivity index (χ1n) is 5.62. The van der Waals surface area contributed by atoms with E-state index in [-0.39, 0.29) is 24.6 Å². The minimum Gasteiger partial charge on any atom is -0.330 e. The molecule has 0 radical (unpaired) electrons. The topological polar surface area (TPSA) is 17.8 Å². The Bertz CT molecular complexity index is 601. The van der Waals surface area contributed by atoms with Gasteiger partial charge in [0.1, 0.15) is 5.82 Å². The highest BCUT2D eigenvalue weighted by Crippen LogP contribution is 2.43. The normalized spacial score (nSPS) is 19.1. The van der Waals surface area contributed by atoms with Crippen molar-refractivity contribution in [2.24, 2.45) is 5.92 Å². The van der Waals surface area contributed by atoms with Crippen LogP contribution in [0.3, 0.4) is 0 Å². The molecule has 1 saturated carbocycles. The van der Waals surface area contributed by atoms with Gasteiger partial charge < -0.3 is 4.57 Å². The van der Waals surface area contributed by atoms with E-state index in [1.54, 1.807) is 17.0 Å². The molecule has 3 rings (SSSR count). The van der Waals surface area contributed by atoms with Crippen LogP contribution >= 0.6 is 15.9 Å². The number of hydrogen-bond acceptors (Lipinski definition) is 1. The van der Waals surface area contributed by atoms with E-state index in [2.05, 4.69) is 20.9 Å². The summed E-state index contributed by atoms with van der Waals surface area (Å²) >= 11 is 3.11. The molecule has 1 aromatic carbocycles. The lowest BCUT2D eigenvalue weighted by atomic mass is 9.81. The van der Waals surface area contributed by atoms with Crippen LogP contribution in [0.25, 0.3) is 11.0 Å². The van der Waals surface area contributed by atoms with E-state index in [1.807, 2.05) is 0 Å². The highest BCUT2D eigenvalue weighted by atomic mass is 79.9. The maximum absolute atomic E-state index is 13.3. The fraction of sp³-hybridized carbons (Fsp3) is 0.417. The van der Waals surface area contributed by atoms with E-state index >= 15 is 0 Å². The average Bonchev–Trinajstić information content (AvgIpc) is 2.60. The van der Waals surface area contributed by atoms with Gasteiger partial charge in [0.15, 0.2) is 0 Å². The predicted octanol–water partition coefficient (Wildman–Crippen LogP) is 3.98. The molecule has 0 amide bonds. The van der Waals surface area contributed by atoms with Crippen LogP contribution in [-0.2, 0) is 6.54 Å². The molecule has 0 unspecified atom stereocenters. The number of alkyl halides is 2. The maximum Gasteiger partial charge on any atom is 0.248 e. The molecule has 0 saturated heterocycles. The molecule has 0 atom stereocenters. The van der Waals surface area contributed by atoms with Gasteiger partial charge in [0.05, 0.1) is 21.8 Å². The summed E-state index contributed by atoms with van der Waals surface area (Å²) < 4.78 is 41.0. The van der Waals surface area contributed by atoms with Crippen molar-refractivity contribution in [2.45, 2.75) is 25.3 Å². The molecule has 1 fully saturated rings. The number of fused-ring (bicyclic) bond motifs is 1. The average molecular weight is 319 g/mol. The fourth-order valence-electron chi connectivity index (χ4n) is 2.39. The van der Waals surface area contributed by atoms with Crippen LogP contribution in [-0.4, -0.2) is 15.5 Å². The predicted molar refractivity (Wildman–Crippen MR) is 65.1 cm³/mol. The molecule has 6 heteroatoms. The van der Waals surface area contributed by atoms with Crippen molar-refractivity contribution < 1.29 is 13.2 Å². The summed E-state index contributed by atoms with van der Waals surface area (Å²) in [5.74, 6) is -2.91. The van der Waals surface area contributed by atoms with Gasteiger partial charge in [-0.15, -0.1) is 0 Å². The molecule has 0 bridgehead atoms. The van der Waals surface area contributed by atoms with Gasteiger partial charge >= 0.3 is 0 Å². The summed E-state index contributed by atoms with van der Waals surface area (Å²) in [5, 5.41) is 0. The van der Waals surface area contributed by atoms with Gasteiger partial charge in [-0.3, -0.25) is 0 Å². The monoisotopic (exact) mass is 318 g/mol. The Morgan fingerprint density at radius 2 is 2.11 bits per heavy atom. The zero-order valence-corrected chi connectivity index (χ0v) is 10.9. The third-order valence-corrected chi connectivity index (χ3v) is 3.90. The van der Waals surface area contributed by atoms with Gasteiger partial charge in [-0.2, -0.15) is 0 Å². The number of benzene rings is 1. The quantitative estimate of drug-likeness (QED) is 0.819. The molecular weight excluding hydrogens is 309 g/mol. The second kappa shape index (κ2) is 3.98. The standard InChI is InChI=1S/C12H10BrF3N2/c13-8-1-11-10(2-9(8)14)17-6-18(11)5-7-3-12(15,16)4-7/h1-2,6-7H,3-5H2. The van der Waals surface area contributed by atoms with E-state index in [4.69, 9.17) is 0 Å². The Morgan fingerprint density at radius 3 is 2.78 bits per heavy atom. The number of hydrogen-bond donors (Lipinski definition) is 0. The largest absolute Gasteiger partial charge is 0.330 e. The van der Waals surface area contributed by atoms with Crippen LogP contribution in [0, 0.1) is 11.7 Å². The third-order valence-electron chi connectivity index (χ3n) is 3.29. The van der Waals surface area contributed by atoms with Crippen LogP contribution in [0.5, 0.6) is 0 Å². The van der Waals surface area contributed by atoms with Gasteiger partial charge in [-0.05, 0) is 27.9 Å². The SMILES string of the molecule is Fc1cc2ncn(CC3CC(F)(F)C3)c2cc1Br. The van der Waals surface area contributed by atoms with Crippen LogP contribution in [0.1, 0.15) is 12.8 Å². The molecule has 0 aliphatic heterocycles. The number of nitrogens with zero attached hydrogens (tertiary/aromatic N) is 2. The minimum absolute atomic E-state index is 0.0266. The highest BCUT2D eigenvalue weighted by Gasteiger charge is 2.45. The lowest BCUT2D eigenvalue weighted by molar-refractivity contribution is -0.113. The van der Waals surface area contributed by atoms with Crippen molar-refractivity contribution in [3.8, 4) is 0 Å². The second-order valence-corrected chi connectivity index (χ2v) is 5.64. The lowest BCUT2D eigenvalue weighted by Gasteiger charge is -2.35. The highest BCUT2D eigenvalue weighted by molar-refractivity contribution is 9.10. The summed E-state index contributed by atoms with van der Waals surface area (Å²) in [5.41, 5.74) is 1.31. The molecule has 0 N–H and O–H groups in total. The summed E-state index contributed by atoms with van der Waals surface area (Å²) in [6, 6.07) is 2.97. The molecule has 2 nitrogen and oxygen atoms in total. The molecule has 2 aromatic rings. The Kier molecular flexibility index (Phi) is 2.66. The van der Waals surface area contributed by atoms with Crippen molar-refractivity contribution in [1.29, 1.82) is 0 Å². The minimum atomic E-state index is -2.51. The fourth-order valence-corrected chi connectivity index (χ4v) is 2.72. The van der Waals surface area contributed by atoms with Crippen molar-refractivity contribution in [2.75, 3.05) is 0 Å². The number of rotatable bonds is 2. The molecule has 1 heterocycles. The smallest absolute Gasteiger partial charge is 0.248 e. The Balaban J connectivity index is 1.87. The zero-order valence-electron chi connectivity index (χ0n) is 9.34. The van der Waals surface area contributed by atoms with E-state index in [9.17, 15) is 13.2 Å². The van der Waals surface area contributed by atoms with Crippen molar-refractivity contribution in [1.82, 2.24) is 9.55 Å². The Hall–Kier alpha value is -1.04. The first-order chi connectivity index (χ1) is 8.44. The number of aromatic nitrogens is 2. The Labute approximate surface area is 110 Å². The van der Waals surface area contributed by atoms with E-state index in [0.29, 0.717) is 16.5 Å². The van der Waals surface area contributed by atoms with Gasteiger partial charge in [0.2, 0.25) is 5.92 Å². The van der Waals surface area contributed by atoms with Gasteiger partial charge in [-0.25, -0.2) is 18.2 Å². The number of imidazole rings is 1. The molecule has 1 aromatic heterocycles. The first-order valence-corrected chi connectivity index (χ1v) is 6.42. The zero-order chi connectivity index (χ0) is 12.9. The lowest BCUT2D eigenvalue weighted by Crippen LogP contribution is -2.37. The molecular formula is C12H10BrF3N2. The van der Waals surface area contributed by atoms with Crippen molar-refractivity contribution >= 4 is 27.0 Å². The van der Waals surface area contributed by atoms with Gasteiger partial charge in [0, 0.05) is 25.5 Å². The molecule has 18 heavy (non-hydrogen) atoms. The van der Waals surface area contributed by atoms with Crippen LogP contribution in [0.2, 0.25) is 0 Å². The van der Waals surface area contributed by atoms with E-state index in [1.165, 1.54) is 6.07 Å². The summed E-state index contributed by atoms with van der Waals surface area (Å²) in [6.45, 7) is 0.504. The Morgan fingerprint density at radius 1 is 1.39 bits per heavy atom. The maximum atomic E-state index is 13.3. The number of halogens is 4. The van der Waals surface area contributed by atoms with Crippen LogP contribution in [0.15, 0.2) is 22.9 Å². The second-order valence-electron chi connectivity index (χ2n) is 4.78. The third kappa shape index (κ3) is 2.02. The molecule has 96 valence electrons. The summed E-state index contributed by atoms with van der Waals surface area (Å²) in [7, 11) is 0. The first kappa shape index (κ1) is 12.0. The molecule has 1 aliphatic carbocycles. The summed E-state index contributed by atoms with van der Waals surface area (Å²) in [6.07, 6.45) is 1.43. The molecule has 0 spiro atoms. The van der Waals surface area contributed by atoms with Crippen LogP contribution < -0.4 is 0 Å².